The summed E-state index contributed by atoms with van der Waals surface area (Å²) in [5.41, 5.74) is 7.87. The molecule has 0 bridgehead atoms. The monoisotopic (exact) mass is 287 g/mol. The van der Waals surface area contributed by atoms with Crippen LogP contribution in [0.1, 0.15) is 23.6 Å². The first-order valence-electron chi connectivity index (χ1n) is 7.50. The van der Waals surface area contributed by atoms with Gasteiger partial charge in [0, 0.05) is 16.8 Å². The molecule has 1 unspecified atom stereocenters. The molecule has 1 nitrogen and oxygen atoms in total. The lowest BCUT2D eigenvalue weighted by Gasteiger charge is -2.36. The van der Waals surface area contributed by atoms with E-state index in [2.05, 4.69) is 42.6 Å². The summed E-state index contributed by atoms with van der Waals surface area (Å²) in [6, 6.07) is 19.8. The zero-order chi connectivity index (χ0) is 14.9. The minimum Gasteiger partial charge on any atom is -0.355 e. The number of benzene rings is 3. The summed E-state index contributed by atoms with van der Waals surface area (Å²) in [5, 5.41) is 3.53. The van der Waals surface area contributed by atoms with Crippen LogP contribution in [0.2, 0.25) is 0 Å². The molecule has 22 heavy (non-hydrogen) atoms. The van der Waals surface area contributed by atoms with Crippen molar-refractivity contribution >= 4 is 11.4 Å². The van der Waals surface area contributed by atoms with Crippen LogP contribution >= 0.6 is 0 Å². The van der Waals surface area contributed by atoms with Crippen LogP contribution in [0.5, 0.6) is 0 Å². The van der Waals surface area contributed by atoms with Crippen molar-refractivity contribution in [2.45, 2.75) is 12.3 Å². The first-order valence-corrected chi connectivity index (χ1v) is 7.50. The van der Waals surface area contributed by atoms with Crippen LogP contribution in [0.4, 0.5) is 15.8 Å². The molecule has 1 aliphatic heterocycles. The quantitative estimate of drug-likeness (QED) is 0.598. The Labute approximate surface area is 128 Å². The number of anilines is 2. The summed E-state index contributed by atoms with van der Waals surface area (Å²) in [4.78, 5) is 0. The van der Waals surface area contributed by atoms with Gasteiger partial charge in [-0.1, -0.05) is 36.4 Å². The van der Waals surface area contributed by atoms with Crippen molar-refractivity contribution in [2.75, 3.05) is 5.32 Å². The van der Waals surface area contributed by atoms with Gasteiger partial charge in [0.2, 0.25) is 0 Å². The molecule has 0 aromatic heterocycles. The van der Waals surface area contributed by atoms with E-state index in [4.69, 9.17) is 0 Å². The van der Waals surface area contributed by atoms with E-state index >= 15 is 0 Å². The van der Waals surface area contributed by atoms with Crippen molar-refractivity contribution in [3.8, 4) is 11.1 Å². The lowest BCUT2D eigenvalue weighted by Crippen LogP contribution is -2.28. The Balaban J connectivity index is 1.97. The topological polar surface area (TPSA) is 12.0 Å². The fourth-order valence-corrected chi connectivity index (χ4v) is 4.18. The molecule has 1 N–H and O–H groups in total. The highest BCUT2D eigenvalue weighted by Crippen LogP contribution is 2.58. The van der Waals surface area contributed by atoms with Crippen molar-refractivity contribution in [1.29, 1.82) is 0 Å². The third kappa shape index (κ3) is 1.24. The van der Waals surface area contributed by atoms with Crippen LogP contribution in [0.25, 0.3) is 11.1 Å². The maximum absolute atomic E-state index is 13.8. The smallest absolute Gasteiger partial charge is 0.123 e. The van der Waals surface area contributed by atoms with Gasteiger partial charge in [0.15, 0.2) is 0 Å². The van der Waals surface area contributed by atoms with Gasteiger partial charge in [-0.2, -0.15) is 0 Å². The summed E-state index contributed by atoms with van der Waals surface area (Å²) >= 11 is 0. The molecular formula is C20H14FN. The maximum Gasteiger partial charge on any atom is 0.123 e. The van der Waals surface area contributed by atoms with E-state index in [9.17, 15) is 4.39 Å². The predicted octanol–water partition coefficient (Wildman–Crippen LogP) is 5.22. The number of para-hydroxylation sites is 1. The molecule has 2 heteroatoms. The minimum absolute atomic E-state index is 0.181. The van der Waals surface area contributed by atoms with Crippen molar-refractivity contribution in [3.63, 3.8) is 0 Å². The Kier molecular flexibility index (Phi) is 2.06. The minimum atomic E-state index is -0.225. The molecule has 1 heterocycles. The second kappa shape index (κ2) is 3.77. The summed E-state index contributed by atoms with van der Waals surface area (Å²) in [6.07, 6.45) is 0. The van der Waals surface area contributed by atoms with Gasteiger partial charge in [-0.25, -0.2) is 4.39 Å². The van der Waals surface area contributed by atoms with Crippen molar-refractivity contribution in [2.24, 2.45) is 0 Å². The summed E-state index contributed by atoms with van der Waals surface area (Å²) in [5.74, 6) is -0.181. The number of hydrogen-bond acceptors (Lipinski definition) is 1. The Bertz CT molecular complexity index is 944. The Morgan fingerprint density at radius 2 is 1.64 bits per heavy atom. The van der Waals surface area contributed by atoms with E-state index in [1.54, 1.807) is 12.1 Å². The number of hydrogen-bond donors (Lipinski definition) is 1. The molecular weight excluding hydrogens is 273 g/mol. The van der Waals surface area contributed by atoms with Crippen LogP contribution < -0.4 is 5.32 Å². The second-order valence-corrected chi connectivity index (χ2v) is 6.21. The van der Waals surface area contributed by atoms with E-state index < -0.39 is 0 Å². The van der Waals surface area contributed by atoms with Crippen molar-refractivity contribution in [1.82, 2.24) is 0 Å². The lowest BCUT2D eigenvalue weighted by molar-refractivity contribution is 0.625. The van der Waals surface area contributed by atoms with Crippen LogP contribution in [-0.2, 0) is 5.41 Å². The third-order valence-electron chi connectivity index (χ3n) is 5.11. The number of nitrogens with one attached hydrogen (secondary N) is 1. The number of fused-ring (bicyclic) bond motifs is 5. The van der Waals surface area contributed by atoms with Crippen LogP contribution in [-0.4, -0.2) is 0 Å². The molecule has 106 valence electrons. The molecule has 0 radical (unpaired) electrons. The molecule has 0 spiro atoms. The van der Waals surface area contributed by atoms with Gasteiger partial charge in [-0.15, -0.1) is 0 Å². The molecule has 1 atom stereocenters. The normalized spacial score (nSPS) is 19.9. The van der Waals surface area contributed by atoms with E-state index in [1.165, 1.54) is 16.7 Å². The molecule has 3 aromatic rings. The predicted molar refractivity (Wildman–Crippen MR) is 87.1 cm³/mol. The number of halogens is 1. The molecule has 5 rings (SSSR count). The van der Waals surface area contributed by atoms with Gasteiger partial charge < -0.3 is 5.32 Å². The molecule has 0 saturated heterocycles. The van der Waals surface area contributed by atoms with E-state index in [0.29, 0.717) is 0 Å². The van der Waals surface area contributed by atoms with Gasteiger partial charge in [0.05, 0.1) is 0 Å². The highest BCUT2D eigenvalue weighted by molar-refractivity contribution is 5.93. The van der Waals surface area contributed by atoms with Gasteiger partial charge in [0.1, 0.15) is 5.82 Å². The summed E-state index contributed by atoms with van der Waals surface area (Å²) in [6.45, 7) is 2.25. The first-order chi connectivity index (χ1) is 10.7. The van der Waals surface area contributed by atoms with Crippen LogP contribution in [0.3, 0.4) is 0 Å². The van der Waals surface area contributed by atoms with Gasteiger partial charge >= 0.3 is 0 Å². The summed E-state index contributed by atoms with van der Waals surface area (Å²) < 4.78 is 13.8. The van der Waals surface area contributed by atoms with E-state index in [1.807, 2.05) is 18.2 Å². The van der Waals surface area contributed by atoms with Gasteiger partial charge in [0.25, 0.3) is 0 Å². The van der Waals surface area contributed by atoms with Crippen LogP contribution in [0.15, 0.2) is 60.7 Å². The number of rotatable bonds is 0. The lowest BCUT2D eigenvalue weighted by atomic mass is 9.71. The second-order valence-electron chi connectivity index (χ2n) is 6.21. The maximum atomic E-state index is 13.8. The zero-order valence-corrected chi connectivity index (χ0v) is 12.2. The van der Waals surface area contributed by atoms with Gasteiger partial charge in [-0.05, 0) is 59.0 Å². The van der Waals surface area contributed by atoms with E-state index in [0.717, 1.165) is 22.5 Å². The van der Waals surface area contributed by atoms with E-state index in [-0.39, 0.29) is 11.2 Å². The standard InChI is InChI=1S/C20H14FN/c1-20-15-10-9-12(21)11-14(15)13-5-4-8-18(19(13)20)22-17-7-3-2-6-16(17)20/h2-11,22H,1H3. The molecule has 0 saturated carbocycles. The van der Waals surface area contributed by atoms with Crippen molar-refractivity contribution in [3.05, 3.63) is 83.2 Å². The molecule has 0 amide bonds. The van der Waals surface area contributed by atoms with Crippen LogP contribution in [0, 0.1) is 5.82 Å². The highest BCUT2D eigenvalue weighted by atomic mass is 19.1. The first kappa shape index (κ1) is 12.0. The molecule has 1 aliphatic carbocycles. The molecule has 2 aliphatic rings. The fourth-order valence-electron chi connectivity index (χ4n) is 4.18. The SMILES string of the molecule is CC12c3ccccc3Nc3cccc(c31)-c1cc(F)ccc12. The Hall–Kier alpha value is -2.61. The van der Waals surface area contributed by atoms with Crippen molar-refractivity contribution < 1.29 is 4.39 Å². The Morgan fingerprint density at radius 3 is 2.55 bits per heavy atom. The zero-order valence-electron chi connectivity index (χ0n) is 12.2. The fraction of sp³-hybridized carbons (Fsp3) is 0.100. The molecule has 3 aromatic carbocycles. The largest absolute Gasteiger partial charge is 0.355 e. The van der Waals surface area contributed by atoms with Gasteiger partial charge in [-0.3, -0.25) is 0 Å². The highest BCUT2D eigenvalue weighted by Gasteiger charge is 2.45. The third-order valence-corrected chi connectivity index (χ3v) is 5.11. The molecule has 0 fully saturated rings. The summed E-state index contributed by atoms with van der Waals surface area (Å²) in [7, 11) is 0. The average Bonchev–Trinajstić information content (AvgIpc) is 2.79. The average molecular weight is 287 g/mol. The Morgan fingerprint density at radius 1 is 0.818 bits per heavy atom.